The van der Waals surface area contributed by atoms with Crippen LogP contribution in [-0.2, 0) is 9.47 Å². The monoisotopic (exact) mass is 163 g/mol. The second-order valence-electron chi connectivity index (χ2n) is 1.84. The highest BCUT2D eigenvalue weighted by Gasteiger charge is 1.74. The molecule has 3 heteroatoms. The Hall–Kier alpha value is -1.77. The third-order valence-electron chi connectivity index (χ3n) is 0.992. The summed E-state index contributed by atoms with van der Waals surface area (Å²) in [6, 6.07) is 5.72. The van der Waals surface area contributed by atoms with Crippen LogP contribution < -0.4 is 0 Å². The van der Waals surface area contributed by atoms with Crippen LogP contribution in [0.25, 0.3) is 0 Å². The Morgan fingerprint density at radius 2 is 1.17 bits per heavy atom. The van der Waals surface area contributed by atoms with Gasteiger partial charge in [-0.25, -0.2) is 0 Å². The van der Waals surface area contributed by atoms with Crippen LogP contribution in [0.3, 0.4) is 0 Å². The minimum atomic E-state index is 1.46. The van der Waals surface area contributed by atoms with Crippen LogP contribution in [0.2, 0.25) is 0 Å². The molecule has 0 N–H and O–H groups in total. The van der Waals surface area contributed by atoms with Crippen LogP contribution >= 0.6 is 0 Å². The van der Waals surface area contributed by atoms with Crippen molar-refractivity contribution in [3.63, 3.8) is 0 Å². The molecule has 0 aromatic carbocycles. The lowest BCUT2D eigenvalue weighted by Crippen LogP contribution is -1.74. The zero-order valence-electron chi connectivity index (χ0n) is 6.46. The van der Waals surface area contributed by atoms with E-state index in [-0.39, 0.29) is 0 Å². The molecule has 0 amide bonds. The molecule has 1 aromatic rings. The summed E-state index contributed by atoms with van der Waals surface area (Å²) in [5.41, 5.74) is 0. The van der Waals surface area contributed by atoms with E-state index in [2.05, 4.69) is 14.5 Å². The Morgan fingerprint density at radius 1 is 0.667 bits per heavy atom. The first-order valence-corrected chi connectivity index (χ1v) is 3.46. The standard InChI is InChI=1S/C5H5N.C4H4O2/c1-2-4-6-5-3-1;1-2-6-4-3-5-1/h1-5H;1-4H. The molecule has 0 bridgehead atoms. The fourth-order valence-electron chi connectivity index (χ4n) is 0.532. The van der Waals surface area contributed by atoms with Crippen molar-refractivity contribution in [2.24, 2.45) is 0 Å². The third-order valence-corrected chi connectivity index (χ3v) is 0.992. The van der Waals surface area contributed by atoms with Gasteiger partial charge in [-0.2, -0.15) is 0 Å². The van der Waals surface area contributed by atoms with Crippen molar-refractivity contribution < 1.29 is 9.47 Å². The van der Waals surface area contributed by atoms with E-state index in [4.69, 9.17) is 0 Å². The van der Waals surface area contributed by atoms with Crippen LogP contribution in [0.15, 0.2) is 55.6 Å². The second-order valence-corrected chi connectivity index (χ2v) is 1.84. The summed E-state index contributed by atoms with van der Waals surface area (Å²) >= 11 is 0. The minimum Gasteiger partial charge on any atom is -0.466 e. The highest BCUT2D eigenvalue weighted by atomic mass is 16.5. The Balaban J connectivity index is 0.000000120. The molecular weight excluding hydrogens is 154 g/mol. The van der Waals surface area contributed by atoms with Crippen molar-refractivity contribution in [1.82, 2.24) is 4.98 Å². The first-order chi connectivity index (χ1) is 6.00. The predicted octanol–water partition coefficient (Wildman–Crippen LogP) is 2.06. The van der Waals surface area contributed by atoms with Gasteiger partial charge in [0.1, 0.15) is 25.0 Å². The van der Waals surface area contributed by atoms with E-state index in [1.54, 1.807) is 12.4 Å². The molecule has 1 aliphatic heterocycles. The van der Waals surface area contributed by atoms with Crippen molar-refractivity contribution in [3.05, 3.63) is 55.6 Å². The quantitative estimate of drug-likeness (QED) is 0.586. The van der Waals surface area contributed by atoms with Crippen molar-refractivity contribution >= 4 is 0 Å². The van der Waals surface area contributed by atoms with Crippen LogP contribution in [-0.4, -0.2) is 4.98 Å². The van der Waals surface area contributed by atoms with Gasteiger partial charge in [-0.1, -0.05) is 6.07 Å². The zero-order valence-corrected chi connectivity index (χ0v) is 6.46. The molecule has 0 aliphatic carbocycles. The van der Waals surface area contributed by atoms with E-state index < -0.39 is 0 Å². The largest absolute Gasteiger partial charge is 0.466 e. The SMILES string of the molecule is C1=COC=CO1.c1ccncc1. The number of nitrogens with zero attached hydrogens (tertiary/aromatic N) is 1. The summed E-state index contributed by atoms with van der Waals surface area (Å²) in [4.78, 5) is 3.78. The normalized spacial score (nSPS) is 12.0. The van der Waals surface area contributed by atoms with Gasteiger partial charge in [0.2, 0.25) is 0 Å². The van der Waals surface area contributed by atoms with Gasteiger partial charge in [0, 0.05) is 12.4 Å². The number of hydrogen-bond acceptors (Lipinski definition) is 3. The summed E-state index contributed by atoms with van der Waals surface area (Å²) in [7, 11) is 0. The molecule has 1 aliphatic rings. The molecule has 0 unspecified atom stereocenters. The second kappa shape index (κ2) is 5.97. The van der Waals surface area contributed by atoms with E-state index in [0.29, 0.717) is 0 Å². The van der Waals surface area contributed by atoms with Crippen molar-refractivity contribution in [3.8, 4) is 0 Å². The first-order valence-electron chi connectivity index (χ1n) is 3.46. The fourth-order valence-corrected chi connectivity index (χ4v) is 0.532. The van der Waals surface area contributed by atoms with Gasteiger partial charge in [0.15, 0.2) is 0 Å². The maximum atomic E-state index is 4.58. The van der Waals surface area contributed by atoms with Gasteiger partial charge in [-0.05, 0) is 12.1 Å². The molecule has 1 aromatic heterocycles. The van der Waals surface area contributed by atoms with Gasteiger partial charge in [-0.3, -0.25) is 4.98 Å². The third kappa shape index (κ3) is 4.11. The predicted molar refractivity (Wildman–Crippen MR) is 44.7 cm³/mol. The van der Waals surface area contributed by atoms with Gasteiger partial charge in [0.25, 0.3) is 0 Å². The lowest BCUT2D eigenvalue weighted by Gasteiger charge is -1.94. The van der Waals surface area contributed by atoms with Crippen LogP contribution in [0.5, 0.6) is 0 Å². The molecule has 12 heavy (non-hydrogen) atoms. The van der Waals surface area contributed by atoms with Gasteiger partial charge >= 0.3 is 0 Å². The molecule has 0 saturated heterocycles. The average molecular weight is 163 g/mol. The van der Waals surface area contributed by atoms with Crippen molar-refractivity contribution in [2.75, 3.05) is 0 Å². The molecule has 0 radical (unpaired) electrons. The Kier molecular flexibility index (Phi) is 4.15. The van der Waals surface area contributed by atoms with Crippen molar-refractivity contribution in [1.29, 1.82) is 0 Å². The summed E-state index contributed by atoms with van der Waals surface area (Å²) < 4.78 is 9.17. The zero-order chi connectivity index (χ0) is 8.49. The highest BCUT2D eigenvalue weighted by Crippen LogP contribution is 1.89. The van der Waals surface area contributed by atoms with E-state index >= 15 is 0 Å². The lowest BCUT2D eigenvalue weighted by molar-refractivity contribution is 0.290. The smallest absolute Gasteiger partial charge is 0.125 e. The van der Waals surface area contributed by atoms with Gasteiger partial charge in [0.05, 0.1) is 0 Å². The van der Waals surface area contributed by atoms with Gasteiger partial charge in [-0.15, -0.1) is 0 Å². The van der Waals surface area contributed by atoms with Crippen LogP contribution in [0.4, 0.5) is 0 Å². The average Bonchev–Trinajstić information content (AvgIpc) is 2.24. The minimum absolute atomic E-state index is 1.46. The number of aromatic nitrogens is 1. The van der Waals surface area contributed by atoms with E-state index in [0.717, 1.165) is 0 Å². The molecule has 2 rings (SSSR count). The molecule has 3 nitrogen and oxygen atoms in total. The molecule has 0 atom stereocenters. The van der Waals surface area contributed by atoms with Crippen molar-refractivity contribution in [2.45, 2.75) is 0 Å². The van der Waals surface area contributed by atoms with E-state index in [1.807, 2.05) is 18.2 Å². The highest BCUT2D eigenvalue weighted by molar-refractivity contribution is 4.88. The van der Waals surface area contributed by atoms with Gasteiger partial charge < -0.3 is 9.47 Å². The van der Waals surface area contributed by atoms with Crippen LogP contribution in [0.1, 0.15) is 0 Å². The number of pyridine rings is 1. The molecule has 0 spiro atoms. The Morgan fingerprint density at radius 3 is 1.33 bits per heavy atom. The number of rotatable bonds is 0. The molecule has 0 saturated carbocycles. The van der Waals surface area contributed by atoms with E-state index in [1.165, 1.54) is 25.0 Å². The van der Waals surface area contributed by atoms with E-state index in [9.17, 15) is 0 Å². The maximum absolute atomic E-state index is 4.58. The molecular formula is C9H9NO2. The first kappa shape index (κ1) is 8.33. The summed E-state index contributed by atoms with van der Waals surface area (Å²) in [6.07, 6.45) is 9.33. The summed E-state index contributed by atoms with van der Waals surface area (Å²) in [5, 5.41) is 0. The topological polar surface area (TPSA) is 31.4 Å². The molecule has 0 fully saturated rings. The molecule has 62 valence electrons. The summed E-state index contributed by atoms with van der Waals surface area (Å²) in [5.74, 6) is 0. The van der Waals surface area contributed by atoms with Crippen LogP contribution in [0, 0.1) is 0 Å². The molecule has 2 heterocycles. The fraction of sp³-hybridized carbons (Fsp3) is 0. The Bertz CT molecular complexity index is 197. The lowest BCUT2D eigenvalue weighted by atomic mass is 10.5. The Labute approximate surface area is 71.0 Å². The summed E-state index contributed by atoms with van der Waals surface area (Å²) in [6.45, 7) is 0. The number of hydrogen-bond donors (Lipinski definition) is 0. The number of ether oxygens (including phenoxy) is 2. The maximum Gasteiger partial charge on any atom is 0.125 e.